The van der Waals surface area contributed by atoms with Crippen molar-refractivity contribution >= 4 is 5.91 Å². The van der Waals surface area contributed by atoms with Gasteiger partial charge in [0, 0.05) is 23.4 Å². The van der Waals surface area contributed by atoms with E-state index < -0.39 is 18.0 Å². The van der Waals surface area contributed by atoms with Gasteiger partial charge in [-0.1, -0.05) is 37.5 Å². The minimum Gasteiger partial charge on any atom is -0.496 e. The number of amides is 1. The van der Waals surface area contributed by atoms with Crippen molar-refractivity contribution in [2.24, 2.45) is 11.8 Å². The van der Waals surface area contributed by atoms with Crippen LogP contribution in [0.4, 0.5) is 13.2 Å². The molecule has 3 rings (SSSR count). The number of benzene rings is 1. The van der Waals surface area contributed by atoms with E-state index in [4.69, 9.17) is 4.74 Å². The van der Waals surface area contributed by atoms with Crippen LogP contribution in [0.2, 0.25) is 0 Å². The Bertz CT molecular complexity index is 653. The maximum Gasteiger partial charge on any atom is 0.391 e. The van der Waals surface area contributed by atoms with Crippen molar-refractivity contribution in [2.45, 2.75) is 63.0 Å². The predicted molar refractivity (Wildman–Crippen MR) is 97.7 cm³/mol. The van der Waals surface area contributed by atoms with Gasteiger partial charge in [0.1, 0.15) is 5.75 Å². The van der Waals surface area contributed by atoms with Crippen LogP contribution in [0.25, 0.3) is 0 Å². The fraction of sp³-hybridized carbons (Fsp3) is 0.667. The van der Waals surface area contributed by atoms with Gasteiger partial charge in [-0.2, -0.15) is 13.2 Å². The second-order valence-electron chi connectivity index (χ2n) is 8.01. The van der Waals surface area contributed by atoms with Gasteiger partial charge < -0.3 is 10.1 Å². The minimum atomic E-state index is -4.21. The van der Waals surface area contributed by atoms with Crippen LogP contribution in [-0.4, -0.2) is 25.7 Å². The van der Waals surface area contributed by atoms with Gasteiger partial charge in [0.2, 0.25) is 5.91 Å². The number of methoxy groups -OCH3 is 1. The molecular formula is C21H28F3NO2. The van der Waals surface area contributed by atoms with Crippen LogP contribution in [0.5, 0.6) is 5.75 Å². The Kier molecular flexibility index (Phi) is 6.02. The lowest BCUT2D eigenvalue weighted by molar-refractivity contribution is -0.186. The summed E-state index contributed by atoms with van der Waals surface area (Å²) in [6.07, 6.45) is 0.895. The maximum atomic E-state index is 13.0. The summed E-state index contributed by atoms with van der Waals surface area (Å²) in [7, 11) is 1.64. The SMILES string of the molecule is COc1ccccc1C1(CNC(=O)C2CCCC(C(F)(F)F)C2)CCCC1. The molecule has 0 radical (unpaired) electrons. The molecule has 0 spiro atoms. The first kappa shape index (κ1) is 20.0. The summed E-state index contributed by atoms with van der Waals surface area (Å²) >= 11 is 0. The van der Waals surface area contributed by atoms with Crippen molar-refractivity contribution in [2.75, 3.05) is 13.7 Å². The summed E-state index contributed by atoms with van der Waals surface area (Å²) in [6.45, 7) is 0.458. The predicted octanol–water partition coefficient (Wildman–Crippen LogP) is 4.99. The first-order chi connectivity index (χ1) is 12.9. The van der Waals surface area contributed by atoms with Crippen LogP contribution >= 0.6 is 0 Å². The van der Waals surface area contributed by atoms with E-state index in [0.29, 0.717) is 19.4 Å². The van der Waals surface area contributed by atoms with E-state index in [2.05, 4.69) is 5.32 Å². The zero-order chi connectivity index (χ0) is 19.5. The van der Waals surface area contributed by atoms with Gasteiger partial charge in [-0.05, 0) is 38.2 Å². The van der Waals surface area contributed by atoms with Crippen molar-refractivity contribution in [3.8, 4) is 5.75 Å². The van der Waals surface area contributed by atoms with Gasteiger partial charge >= 0.3 is 6.18 Å². The average Bonchev–Trinajstić information content (AvgIpc) is 3.15. The Morgan fingerprint density at radius 1 is 1.19 bits per heavy atom. The number of hydrogen-bond acceptors (Lipinski definition) is 2. The molecule has 2 atom stereocenters. The Balaban J connectivity index is 1.69. The molecule has 0 aliphatic heterocycles. The van der Waals surface area contributed by atoms with Crippen molar-refractivity contribution in [3.63, 3.8) is 0 Å². The van der Waals surface area contributed by atoms with E-state index in [1.54, 1.807) is 7.11 Å². The molecule has 1 amide bonds. The number of alkyl halides is 3. The number of carbonyl (C=O) groups excluding carboxylic acids is 1. The van der Waals surface area contributed by atoms with Crippen LogP contribution < -0.4 is 10.1 Å². The topological polar surface area (TPSA) is 38.3 Å². The second-order valence-corrected chi connectivity index (χ2v) is 8.01. The highest BCUT2D eigenvalue weighted by atomic mass is 19.4. The zero-order valence-corrected chi connectivity index (χ0v) is 15.8. The van der Waals surface area contributed by atoms with Gasteiger partial charge in [0.15, 0.2) is 0 Å². The number of nitrogens with one attached hydrogen (secondary N) is 1. The molecule has 150 valence electrons. The highest BCUT2D eigenvalue weighted by molar-refractivity contribution is 5.79. The summed E-state index contributed by atoms with van der Waals surface area (Å²) in [4.78, 5) is 12.6. The molecule has 1 aromatic rings. The van der Waals surface area contributed by atoms with Gasteiger partial charge in [0.05, 0.1) is 13.0 Å². The van der Waals surface area contributed by atoms with E-state index in [9.17, 15) is 18.0 Å². The summed E-state index contributed by atoms with van der Waals surface area (Å²) in [6, 6.07) is 7.85. The van der Waals surface area contributed by atoms with E-state index in [0.717, 1.165) is 37.0 Å². The second kappa shape index (κ2) is 8.11. The van der Waals surface area contributed by atoms with Crippen LogP contribution in [-0.2, 0) is 10.2 Å². The molecule has 0 bridgehead atoms. The first-order valence-electron chi connectivity index (χ1n) is 9.84. The van der Waals surface area contributed by atoms with Crippen molar-refractivity contribution in [1.29, 1.82) is 0 Å². The van der Waals surface area contributed by atoms with Crippen LogP contribution in [0.15, 0.2) is 24.3 Å². The molecule has 0 heterocycles. The summed E-state index contributed by atoms with van der Waals surface area (Å²) in [5.74, 6) is -1.31. The molecule has 2 saturated carbocycles. The molecule has 6 heteroatoms. The number of halogens is 3. The number of carbonyl (C=O) groups is 1. The normalized spacial score (nSPS) is 25.2. The van der Waals surface area contributed by atoms with Crippen LogP contribution in [0, 0.1) is 11.8 Å². The van der Waals surface area contributed by atoms with Gasteiger partial charge in [-0.15, -0.1) is 0 Å². The largest absolute Gasteiger partial charge is 0.496 e. The molecule has 2 fully saturated rings. The molecule has 27 heavy (non-hydrogen) atoms. The third-order valence-electron chi connectivity index (χ3n) is 6.35. The first-order valence-corrected chi connectivity index (χ1v) is 9.84. The van der Waals surface area contributed by atoms with E-state index in [1.165, 1.54) is 0 Å². The van der Waals surface area contributed by atoms with Crippen LogP contribution in [0.3, 0.4) is 0 Å². The third-order valence-corrected chi connectivity index (χ3v) is 6.35. The van der Waals surface area contributed by atoms with Gasteiger partial charge in [0.25, 0.3) is 0 Å². The summed E-state index contributed by atoms with van der Waals surface area (Å²) in [5.41, 5.74) is 0.891. The maximum absolute atomic E-state index is 13.0. The number of hydrogen-bond donors (Lipinski definition) is 1. The number of ether oxygens (including phenoxy) is 1. The third kappa shape index (κ3) is 4.41. The lowest BCUT2D eigenvalue weighted by Crippen LogP contribution is -2.43. The Morgan fingerprint density at radius 3 is 2.56 bits per heavy atom. The van der Waals surface area contributed by atoms with E-state index in [1.807, 2.05) is 24.3 Å². The summed E-state index contributed by atoms with van der Waals surface area (Å²) < 4.78 is 44.6. The molecule has 2 aliphatic rings. The summed E-state index contributed by atoms with van der Waals surface area (Å²) in [5, 5.41) is 3.00. The fourth-order valence-electron chi connectivity index (χ4n) is 4.80. The molecule has 2 unspecified atom stereocenters. The standard InChI is InChI=1S/C21H28F3NO2/c1-27-18-10-3-2-9-17(18)20(11-4-5-12-20)14-25-19(26)15-7-6-8-16(13-15)21(22,23)24/h2-3,9-10,15-16H,4-8,11-14H2,1H3,(H,25,26). The zero-order valence-electron chi connectivity index (χ0n) is 15.8. The average molecular weight is 383 g/mol. The van der Waals surface area contributed by atoms with E-state index >= 15 is 0 Å². The van der Waals surface area contributed by atoms with E-state index in [-0.39, 0.29) is 24.2 Å². The highest BCUT2D eigenvalue weighted by Crippen LogP contribution is 2.45. The molecule has 1 aromatic carbocycles. The van der Waals surface area contributed by atoms with Gasteiger partial charge in [-0.3, -0.25) is 4.79 Å². The quantitative estimate of drug-likeness (QED) is 0.778. The Hall–Kier alpha value is -1.72. The molecule has 2 aliphatic carbocycles. The number of para-hydroxylation sites is 1. The lowest BCUT2D eigenvalue weighted by atomic mass is 9.77. The van der Waals surface area contributed by atoms with Crippen LogP contribution in [0.1, 0.15) is 56.9 Å². The highest BCUT2D eigenvalue weighted by Gasteiger charge is 2.44. The smallest absolute Gasteiger partial charge is 0.391 e. The van der Waals surface area contributed by atoms with Crippen molar-refractivity contribution in [3.05, 3.63) is 29.8 Å². The molecular weight excluding hydrogens is 355 g/mol. The Morgan fingerprint density at radius 2 is 1.89 bits per heavy atom. The molecule has 3 nitrogen and oxygen atoms in total. The minimum absolute atomic E-state index is 0.0863. The fourth-order valence-corrected chi connectivity index (χ4v) is 4.80. The lowest BCUT2D eigenvalue weighted by Gasteiger charge is -2.33. The molecule has 0 saturated heterocycles. The number of rotatable bonds is 5. The molecule has 0 aromatic heterocycles. The van der Waals surface area contributed by atoms with Gasteiger partial charge in [-0.25, -0.2) is 0 Å². The molecule has 1 N–H and O–H groups in total. The Labute approximate surface area is 158 Å². The van der Waals surface area contributed by atoms with Crippen molar-refractivity contribution < 1.29 is 22.7 Å². The monoisotopic (exact) mass is 383 g/mol. The van der Waals surface area contributed by atoms with Crippen molar-refractivity contribution in [1.82, 2.24) is 5.32 Å².